The molecular weight excluding hydrogens is 426 g/mol. The largest absolute Gasteiger partial charge is 0.341 e. The van der Waals surface area contributed by atoms with Crippen molar-refractivity contribution >= 4 is 33.4 Å². The minimum atomic E-state index is -0.599. The third-order valence-electron chi connectivity index (χ3n) is 7.47. The van der Waals surface area contributed by atoms with Crippen LogP contribution in [0.4, 0.5) is 5.95 Å². The number of hydrogen-bond donors (Lipinski definition) is 2. The van der Waals surface area contributed by atoms with Crippen LogP contribution < -0.4 is 10.4 Å². The molecule has 0 saturated carbocycles. The zero-order valence-electron chi connectivity index (χ0n) is 18.9. The van der Waals surface area contributed by atoms with E-state index in [0.717, 1.165) is 45.6 Å². The first-order valence-electron chi connectivity index (χ1n) is 11.8. The van der Waals surface area contributed by atoms with Gasteiger partial charge in [-0.05, 0) is 51.4 Å². The fourth-order valence-corrected chi connectivity index (χ4v) is 5.68. The van der Waals surface area contributed by atoms with Gasteiger partial charge in [-0.15, -0.1) is 0 Å². The molecule has 2 aliphatic rings. The molecule has 1 aromatic heterocycles. The lowest BCUT2D eigenvalue weighted by atomic mass is 9.72. The highest BCUT2D eigenvalue weighted by atomic mass is 16.5. The number of piperidine rings is 1. The first-order valence-corrected chi connectivity index (χ1v) is 11.8. The second kappa shape index (κ2) is 8.34. The fourth-order valence-electron chi connectivity index (χ4n) is 5.68. The SMILES string of the molecule is O=C(NO)c1cnc(N2CCC3(CC2)CN(Cc2cc4ccccc4c4ccccc24)C3)nc1. The third kappa shape index (κ3) is 3.67. The van der Waals surface area contributed by atoms with Crippen LogP contribution in [0.25, 0.3) is 21.5 Å². The molecule has 3 heterocycles. The molecule has 1 spiro atoms. The molecule has 7 nitrogen and oxygen atoms in total. The standard InChI is InChI=1S/C27H27N5O2/c33-25(30-34)21-14-28-26(29-15-21)32-11-9-27(10-12-32)17-31(18-27)16-20-13-19-5-1-2-6-22(19)24-8-4-3-7-23(20)24/h1-8,13-15,34H,9-12,16-18H2,(H,30,33). The molecule has 0 atom stereocenters. The Balaban J connectivity index is 1.12. The molecule has 7 heteroatoms. The summed E-state index contributed by atoms with van der Waals surface area (Å²) in [6.07, 6.45) is 5.14. The molecule has 0 aliphatic carbocycles. The zero-order chi connectivity index (χ0) is 23.1. The van der Waals surface area contributed by atoms with Gasteiger partial charge in [0.2, 0.25) is 5.95 Å². The van der Waals surface area contributed by atoms with E-state index in [4.69, 9.17) is 5.21 Å². The highest BCUT2D eigenvalue weighted by molar-refractivity contribution is 6.08. The Morgan fingerprint density at radius 2 is 1.59 bits per heavy atom. The Morgan fingerprint density at radius 3 is 2.29 bits per heavy atom. The second-order valence-corrected chi connectivity index (χ2v) is 9.65. The van der Waals surface area contributed by atoms with E-state index in [1.54, 1.807) is 5.48 Å². The van der Waals surface area contributed by atoms with Crippen molar-refractivity contribution in [2.24, 2.45) is 5.41 Å². The average Bonchev–Trinajstić information content (AvgIpc) is 2.88. The molecule has 0 bridgehead atoms. The Morgan fingerprint density at radius 1 is 0.941 bits per heavy atom. The molecule has 2 N–H and O–H groups in total. The van der Waals surface area contributed by atoms with Crippen LogP contribution >= 0.6 is 0 Å². The van der Waals surface area contributed by atoms with Gasteiger partial charge in [0, 0.05) is 45.1 Å². The summed E-state index contributed by atoms with van der Waals surface area (Å²) in [6, 6.07) is 19.8. The van der Waals surface area contributed by atoms with Crippen molar-refractivity contribution in [1.82, 2.24) is 20.3 Å². The minimum absolute atomic E-state index is 0.246. The normalized spacial score (nSPS) is 17.7. The Labute approximate surface area is 198 Å². The van der Waals surface area contributed by atoms with Crippen LogP contribution in [0.5, 0.6) is 0 Å². The van der Waals surface area contributed by atoms with E-state index in [1.807, 2.05) is 0 Å². The molecule has 2 saturated heterocycles. The summed E-state index contributed by atoms with van der Waals surface area (Å²) in [5.41, 5.74) is 3.63. The van der Waals surface area contributed by atoms with E-state index in [9.17, 15) is 4.79 Å². The quantitative estimate of drug-likeness (QED) is 0.276. The molecule has 3 aromatic carbocycles. The second-order valence-electron chi connectivity index (χ2n) is 9.65. The fraction of sp³-hybridized carbons (Fsp3) is 0.296. The monoisotopic (exact) mass is 453 g/mol. The molecule has 0 unspecified atom stereocenters. The molecule has 2 aliphatic heterocycles. The lowest BCUT2D eigenvalue weighted by Crippen LogP contribution is -2.60. The highest BCUT2D eigenvalue weighted by Gasteiger charge is 2.45. The summed E-state index contributed by atoms with van der Waals surface area (Å²) in [4.78, 5) is 24.9. The van der Waals surface area contributed by atoms with Crippen LogP contribution in [-0.4, -0.2) is 52.2 Å². The number of nitrogens with zero attached hydrogens (tertiary/aromatic N) is 4. The van der Waals surface area contributed by atoms with Gasteiger partial charge in [-0.1, -0.05) is 48.5 Å². The van der Waals surface area contributed by atoms with Crippen molar-refractivity contribution in [3.63, 3.8) is 0 Å². The maximum atomic E-state index is 11.5. The summed E-state index contributed by atoms with van der Waals surface area (Å²) >= 11 is 0. The van der Waals surface area contributed by atoms with Crippen LogP contribution in [0.15, 0.2) is 67.0 Å². The van der Waals surface area contributed by atoms with E-state index in [0.29, 0.717) is 11.4 Å². The van der Waals surface area contributed by atoms with Gasteiger partial charge in [0.1, 0.15) is 0 Å². The molecule has 6 rings (SSSR count). The van der Waals surface area contributed by atoms with Crippen molar-refractivity contribution < 1.29 is 10.0 Å². The van der Waals surface area contributed by atoms with E-state index < -0.39 is 5.91 Å². The number of hydroxylamine groups is 1. The maximum absolute atomic E-state index is 11.5. The van der Waals surface area contributed by atoms with Crippen LogP contribution in [0.3, 0.4) is 0 Å². The van der Waals surface area contributed by atoms with Crippen molar-refractivity contribution in [2.75, 3.05) is 31.1 Å². The predicted molar refractivity (Wildman–Crippen MR) is 132 cm³/mol. The van der Waals surface area contributed by atoms with Crippen LogP contribution in [0.2, 0.25) is 0 Å². The van der Waals surface area contributed by atoms with Gasteiger partial charge in [-0.25, -0.2) is 15.4 Å². The molecule has 34 heavy (non-hydrogen) atoms. The molecule has 0 radical (unpaired) electrons. The highest BCUT2D eigenvalue weighted by Crippen LogP contribution is 2.42. The lowest BCUT2D eigenvalue weighted by Gasteiger charge is -2.54. The van der Waals surface area contributed by atoms with Crippen LogP contribution in [0, 0.1) is 5.41 Å². The summed E-state index contributed by atoms with van der Waals surface area (Å²) in [5, 5.41) is 14.1. The summed E-state index contributed by atoms with van der Waals surface area (Å²) in [6.45, 7) is 5.06. The molecule has 1 amide bonds. The number of anilines is 1. The molecule has 4 aromatic rings. The molecule has 2 fully saturated rings. The summed E-state index contributed by atoms with van der Waals surface area (Å²) in [5.74, 6) is 0.0426. The van der Waals surface area contributed by atoms with E-state index in [2.05, 4.69) is 74.4 Å². The van der Waals surface area contributed by atoms with Gasteiger partial charge in [0.15, 0.2) is 0 Å². The van der Waals surface area contributed by atoms with Gasteiger partial charge in [0.25, 0.3) is 5.91 Å². The summed E-state index contributed by atoms with van der Waals surface area (Å²) in [7, 11) is 0. The first-order chi connectivity index (χ1) is 16.6. The average molecular weight is 454 g/mol. The molecular formula is C27H27N5O2. The number of rotatable bonds is 4. The van der Waals surface area contributed by atoms with Gasteiger partial charge < -0.3 is 4.90 Å². The minimum Gasteiger partial charge on any atom is -0.341 e. The van der Waals surface area contributed by atoms with Crippen molar-refractivity contribution in [2.45, 2.75) is 19.4 Å². The number of nitrogens with one attached hydrogen (secondary N) is 1. The van der Waals surface area contributed by atoms with Crippen LogP contribution in [0.1, 0.15) is 28.8 Å². The van der Waals surface area contributed by atoms with Gasteiger partial charge in [-0.2, -0.15) is 0 Å². The topological polar surface area (TPSA) is 81.6 Å². The number of amides is 1. The number of benzene rings is 3. The van der Waals surface area contributed by atoms with E-state index >= 15 is 0 Å². The van der Waals surface area contributed by atoms with Gasteiger partial charge >= 0.3 is 0 Å². The molecule has 172 valence electrons. The number of carbonyl (C=O) groups excluding carboxylic acids is 1. The number of carbonyl (C=O) groups is 1. The van der Waals surface area contributed by atoms with Gasteiger partial charge in [-0.3, -0.25) is 14.9 Å². The smallest absolute Gasteiger partial charge is 0.277 e. The van der Waals surface area contributed by atoms with Crippen molar-refractivity contribution in [3.8, 4) is 0 Å². The maximum Gasteiger partial charge on any atom is 0.277 e. The Hall–Kier alpha value is -3.55. The number of hydrogen-bond acceptors (Lipinski definition) is 6. The number of aromatic nitrogens is 2. The first kappa shape index (κ1) is 21.0. The zero-order valence-corrected chi connectivity index (χ0v) is 18.9. The Bertz CT molecular complexity index is 1350. The lowest BCUT2D eigenvalue weighted by molar-refractivity contribution is -0.0239. The Kier molecular flexibility index (Phi) is 5.16. The third-order valence-corrected chi connectivity index (χ3v) is 7.47. The summed E-state index contributed by atoms with van der Waals surface area (Å²) < 4.78 is 0. The van der Waals surface area contributed by atoms with Crippen molar-refractivity contribution in [1.29, 1.82) is 0 Å². The van der Waals surface area contributed by atoms with E-state index in [-0.39, 0.29) is 5.56 Å². The van der Waals surface area contributed by atoms with Crippen LogP contribution in [-0.2, 0) is 6.54 Å². The number of fused-ring (bicyclic) bond motifs is 3. The van der Waals surface area contributed by atoms with Crippen molar-refractivity contribution in [3.05, 3.63) is 78.1 Å². The predicted octanol–water partition coefficient (Wildman–Crippen LogP) is 4.00. The van der Waals surface area contributed by atoms with Gasteiger partial charge in [0.05, 0.1) is 5.56 Å². The van der Waals surface area contributed by atoms with E-state index in [1.165, 1.54) is 39.5 Å². The number of likely N-dealkylation sites (tertiary alicyclic amines) is 1.